The first kappa shape index (κ1) is 25.6. The first-order valence-corrected chi connectivity index (χ1v) is 9.48. The third-order valence-electron chi connectivity index (χ3n) is 3.91. The Morgan fingerprint density at radius 2 is 1.77 bits per heavy atom. The maximum Gasteiger partial charge on any atom is 0.419 e. The highest BCUT2D eigenvalue weighted by atomic mass is 16.6. The Bertz CT molecular complexity index is 1060. The molecule has 2 heterocycles. The van der Waals surface area contributed by atoms with Gasteiger partial charge >= 0.3 is 11.4 Å². The van der Waals surface area contributed by atoms with Crippen LogP contribution in [-0.2, 0) is 4.74 Å². The maximum absolute atomic E-state index is 11.0. The molecule has 3 aromatic rings. The number of benzene rings is 2. The monoisotopic (exact) mass is 432 g/mol. The minimum absolute atomic E-state index is 0.150. The highest BCUT2D eigenvalue weighted by Gasteiger charge is 2.09. The summed E-state index contributed by atoms with van der Waals surface area (Å²) in [6.45, 7) is 0.737. The average Bonchev–Trinajstić information content (AvgIpc) is 3.27. The summed E-state index contributed by atoms with van der Waals surface area (Å²) in [5.41, 5.74) is 11.0. The second-order valence-corrected chi connectivity index (χ2v) is 5.98. The van der Waals surface area contributed by atoms with Gasteiger partial charge in [0.2, 0.25) is 0 Å². The molecule has 0 bridgehead atoms. The van der Waals surface area contributed by atoms with Crippen LogP contribution in [0.3, 0.4) is 0 Å². The number of aliphatic hydroxyl groups is 1. The third-order valence-corrected chi connectivity index (χ3v) is 3.91. The molecule has 0 radical (unpaired) electrons. The molecule has 1 atom stereocenters. The number of aliphatic hydroxyl groups excluding tert-OH is 1. The first-order valence-electron chi connectivity index (χ1n) is 9.48. The van der Waals surface area contributed by atoms with E-state index >= 15 is 0 Å². The fourth-order valence-electron chi connectivity index (χ4n) is 2.44. The molecule has 10 heteroatoms. The van der Waals surface area contributed by atoms with E-state index in [-0.39, 0.29) is 5.91 Å². The molecule has 0 saturated carbocycles. The molecule has 1 saturated heterocycles. The minimum Gasteiger partial charge on any atom is -0.398 e. The second-order valence-electron chi connectivity index (χ2n) is 5.98. The number of aromatic amines is 1. The molecule has 31 heavy (non-hydrogen) atoms. The zero-order valence-corrected chi connectivity index (χ0v) is 17.5. The van der Waals surface area contributed by atoms with Crippen LogP contribution in [0.15, 0.2) is 62.5 Å². The van der Waals surface area contributed by atoms with E-state index in [1.165, 1.54) is 7.05 Å². The number of nitrogen functional groups attached to an aromatic ring is 1. The van der Waals surface area contributed by atoms with Crippen LogP contribution in [0.1, 0.15) is 23.2 Å². The second kappa shape index (κ2) is 13.7. The Hall–Kier alpha value is -3.47. The van der Waals surface area contributed by atoms with Crippen LogP contribution in [0.5, 0.6) is 0 Å². The summed E-state index contributed by atoms with van der Waals surface area (Å²) in [4.78, 5) is 35.1. The maximum atomic E-state index is 11.0. The van der Waals surface area contributed by atoms with Gasteiger partial charge < -0.3 is 31.0 Å². The fraction of sp³-hybridized carbons (Fsp3) is 0.286. The molecule has 168 valence electrons. The van der Waals surface area contributed by atoms with Gasteiger partial charge in [-0.25, -0.2) is 9.59 Å². The number of nitrogens with two attached hydrogens (primary N) is 2. The van der Waals surface area contributed by atoms with Gasteiger partial charge in [0, 0.05) is 25.8 Å². The molecule has 1 aliphatic rings. The number of rotatable bonds is 1. The summed E-state index contributed by atoms with van der Waals surface area (Å²) in [5, 5.41) is 11.4. The van der Waals surface area contributed by atoms with Crippen molar-refractivity contribution < 1.29 is 19.1 Å². The predicted molar refractivity (Wildman–Crippen MR) is 119 cm³/mol. The Labute approximate surface area is 178 Å². The van der Waals surface area contributed by atoms with E-state index in [0.29, 0.717) is 22.2 Å². The van der Waals surface area contributed by atoms with Crippen molar-refractivity contribution in [3.63, 3.8) is 0 Å². The molecule has 0 spiro atoms. The Balaban J connectivity index is 0.000000234. The van der Waals surface area contributed by atoms with Crippen molar-refractivity contribution in [2.24, 2.45) is 5.73 Å². The zero-order chi connectivity index (χ0) is 23.2. The fourth-order valence-corrected chi connectivity index (χ4v) is 2.44. The van der Waals surface area contributed by atoms with E-state index in [1.54, 1.807) is 55.6 Å². The van der Waals surface area contributed by atoms with Crippen LogP contribution in [0.25, 0.3) is 10.9 Å². The third kappa shape index (κ3) is 8.42. The lowest BCUT2D eigenvalue weighted by atomic mass is 10.2. The molecule has 10 nitrogen and oxygen atoms in total. The molecule has 1 fully saturated rings. The van der Waals surface area contributed by atoms with Crippen LogP contribution in [0.4, 0.5) is 5.69 Å². The van der Waals surface area contributed by atoms with Crippen molar-refractivity contribution in [3.05, 3.63) is 75.1 Å². The summed E-state index contributed by atoms with van der Waals surface area (Å²) in [5.74, 6) is -0.873. The quantitative estimate of drug-likeness (QED) is 0.351. The highest BCUT2D eigenvalue weighted by Crippen LogP contribution is 2.09. The molecule has 7 N–H and O–H groups in total. The van der Waals surface area contributed by atoms with E-state index in [2.05, 4.69) is 20.5 Å². The summed E-state index contributed by atoms with van der Waals surface area (Å²) < 4.78 is 9.03. The number of ether oxygens (including phenoxy) is 1. The van der Waals surface area contributed by atoms with Crippen LogP contribution >= 0.6 is 0 Å². The van der Waals surface area contributed by atoms with Crippen molar-refractivity contribution >= 4 is 22.5 Å². The largest absolute Gasteiger partial charge is 0.419 e. The summed E-state index contributed by atoms with van der Waals surface area (Å²) >= 11 is 0. The van der Waals surface area contributed by atoms with E-state index in [0.717, 1.165) is 19.4 Å². The van der Waals surface area contributed by atoms with Gasteiger partial charge in [-0.15, -0.1) is 0 Å². The molecular weight excluding hydrogens is 404 g/mol. The van der Waals surface area contributed by atoms with Gasteiger partial charge in [-0.05, 0) is 37.7 Å². The number of carbonyl (C=O) groups excluding carboxylic acids is 1. The Morgan fingerprint density at radius 3 is 2.32 bits per heavy atom. The van der Waals surface area contributed by atoms with Gasteiger partial charge in [0.15, 0.2) is 6.29 Å². The van der Waals surface area contributed by atoms with E-state index in [9.17, 15) is 14.4 Å². The summed E-state index contributed by atoms with van der Waals surface area (Å²) in [6, 6.07) is 13.6. The lowest BCUT2D eigenvalue weighted by Gasteiger charge is -2.01. The molecular formula is C21H28N4O6. The number of fused-ring (bicyclic) bond motifs is 1. The van der Waals surface area contributed by atoms with Crippen LogP contribution < -0.4 is 28.2 Å². The molecule has 1 aliphatic heterocycles. The topological polar surface area (TPSA) is 174 Å². The van der Waals surface area contributed by atoms with Gasteiger partial charge in [0.05, 0.1) is 16.5 Å². The van der Waals surface area contributed by atoms with Gasteiger partial charge in [-0.3, -0.25) is 9.78 Å². The standard InChI is InChI=1S/C8H10N2O.C8H5NO3.C4H8O2.CH5N/c1-10-8(11)6-4-2-3-5-7(6)9;10-7-5-3-1-2-4-6(5)9-8(11)12-7;5-4-2-1-3-6-4;1-2/h2-5H,9H2,1H3,(H,10,11);1-4H,(H,9,11);4-5H,1-3H2;2H2,1H3. The van der Waals surface area contributed by atoms with Crippen molar-refractivity contribution in [1.82, 2.24) is 10.3 Å². The minimum atomic E-state index is -0.723. The Morgan fingerprint density at radius 1 is 1.13 bits per heavy atom. The van der Waals surface area contributed by atoms with Gasteiger partial charge in [-0.2, -0.15) is 0 Å². The Kier molecular flexibility index (Phi) is 11.3. The van der Waals surface area contributed by atoms with Crippen molar-refractivity contribution in [2.75, 3.05) is 26.4 Å². The summed E-state index contributed by atoms with van der Waals surface area (Å²) in [7, 11) is 3.08. The molecule has 1 aromatic heterocycles. The summed E-state index contributed by atoms with van der Waals surface area (Å²) in [6.07, 6.45) is 1.38. The molecule has 1 unspecified atom stereocenters. The van der Waals surface area contributed by atoms with Crippen LogP contribution in [0.2, 0.25) is 0 Å². The number of aromatic nitrogens is 1. The normalized spacial score (nSPS) is 14.1. The van der Waals surface area contributed by atoms with Gasteiger partial charge in [-0.1, -0.05) is 24.3 Å². The number of anilines is 1. The average molecular weight is 432 g/mol. The van der Waals surface area contributed by atoms with Crippen LogP contribution in [-0.4, -0.2) is 43.0 Å². The number of hydrogen-bond acceptors (Lipinski definition) is 8. The van der Waals surface area contributed by atoms with E-state index in [1.807, 2.05) is 0 Å². The molecule has 0 aliphatic carbocycles. The lowest BCUT2D eigenvalue weighted by Crippen LogP contribution is -2.19. The number of amides is 1. The predicted octanol–water partition coefficient (Wildman–Crippen LogP) is 0.800. The highest BCUT2D eigenvalue weighted by molar-refractivity contribution is 5.98. The molecule has 4 rings (SSSR count). The molecule has 1 amide bonds. The molecule has 2 aromatic carbocycles. The van der Waals surface area contributed by atoms with Gasteiger partial charge in [0.25, 0.3) is 5.91 Å². The van der Waals surface area contributed by atoms with E-state index < -0.39 is 17.7 Å². The zero-order valence-electron chi connectivity index (χ0n) is 17.5. The van der Waals surface area contributed by atoms with Crippen molar-refractivity contribution in [3.8, 4) is 0 Å². The SMILES string of the molecule is CN.CNC(=O)c1ccccc1N.O=c1[nH]c2ccccc2c(=O)o1.OC1CCCO1. The number of hydrogen-bond donors (Lipinski definition) is 5. The number of para-hydroxylation sites is 2. The van der Waals surface area contributed by atoms with E-state index in [4.69, 9.17) is 15.6 Å². The number of carbonyl (C=O) groups is 1. The van der Waals surface area contributed by atoms with Gasteiger partial charge in [0.1, 0.15) is 0 Å². The van der Waals surface area contributed by atoms with Crippen molar-refractivity contribution in [2.45, 2.75) is 19.1 Å². The number of H-pyrrole nitrogens is 1. The smallest absolute Gasteiger partial charge is 0.398 e. The first-order chi connectivity index (χ1) is 14.9. The van der Waals surface area contributed by atoms with Crippen LogP contribution in [0, 0.1) is 0 Å². The van der Waals surface area contributed by atoms with Crippen molar-refractivity contribution in [1.29, 1.82) is 0 Å². The lowest BCUT2D eigenvalue weighted by molar-refractivity contribution is -0.0589. The number of nitrogens with one attached hydrogen (secondary N) is 2.